The summed E-state index contributed by atoms with van der Waals surface area (Å²) >= 11 is 0.777. The molecule has 0 spiro atoms. The van der Waals surface area contributed by atoms with Crippen LogP contribution in [-0.4, -0.2) is 31.6 Å². The Labute approximate surface area is 173 Å². The highest BCUT2D eigenvalue weighted by Crippen LogP contribution is 2.27. The first kappa shape index (κ1) is 20.9. The molecule has 0 radical (unpaired) electrons. The maximum atomic E-state index is 12.7. The molecular weight excluding hydrogens is 412 g/mol. The number of rotatable bonds is 7. The van der Waals surface area contributed by atoms with Crippen molar-refractivity contribution >= 4 is 32.4 Å². The topological polar surface area (TPSA) is 110 Å². The van der Waals surface area contributed by atoms with E-state index in [1.807, 2.05) is 19.1 Å². The number of carbonyl (C=O) groups excluding carboxylic acids is 1. The van der Waals surface area contributed by atoms with Crippen molar-refractivity contribution in [2.24, 2.45) is 0 Å². The van der Waals surface area contributed by atoms with Crippen molar-refractivity contribution in [1.29, 1.82) is 0 Å². The summed E-state index contributed by atoms with van der Waals surface area (Å²) in [5.41, 5.74) is 2.16. The fourth-order valence-corrected chi connectivity index (χ4v) is 4.75. The number of amides is 1. The first-order valence-electron chi connectivity index (χ1n) is 8.67. The Morgan fingerprint density at radius 3 is 2.48 bits per heavy atom. The summed E-state index contributed by atoms with van der Waals surface area (Å²) in [6.07, 6.45) is 0. The summed E-state index contributed by atoms with van der Waals surface area (Å²) in [4.78, 5) is 12.3. The number of nitrogens with one attached hydrogen (secondary N) is 2. The largest absolute Gasteiger partial charge is 0.496 e. The normalized spacial score (nSPS) is 12.4. The SMILES string of the molecule is COc1ccccc1[C@H](C)NS(=O)(=O)c1nnc(NC(=O)c2ccc(C)cc2)s1. The Morgan fingerprint density at radius 1 is 1.10 bits per heavy atom. The molecule has 0 saturated heterocycles. The molecule has 29 heavy (non-hydrogen) atoms. The lowest BCUT2D eigenvalue weighted by atomic mass is 10.1. The molecule has 1 aromatic heterocycles. The number of carbonyl (C=O) groups is 1. The summed E-state index contributed by atoms with van der Waals surface area (Å²) in [6.45, 7) is 3.62. The zero-order chi connectivity index (χ0) is 21.0. The van der Waals surface area contributed by atoms with Crippen LogP contribution in [-0.2, 0) is 10.0 Å². The van der Waals surface area contributed by atoms with Crippen molar-refractivity contribution in [3.8, 4) is 5.75 Å². The van der Waals surface area contributed by atoms with E-state index in [0.717, 1.165) is 16.9 Å². The minimum Gasteiger partial charge on any atom is -0.496 e. The lowest BCUT2D eigenvalue weighted by Gasteiger charge is -2.16. The van der Waals surface area contributed by atoms with Gasteiger partial charge in [-0.1, -0.05) is 47.2 Å². The number of sulfonamides is 1. The van der Waals surface area contributed by atoms with E-state index in [0.29, 0.717) is 16.9 Å². The molecule has 2 aromatic carbocycles. The molecular formula is C19H20N4O4S2. The van der Waals surface area contributed by atoms with Gasteiger partial charge in [0.15, 0.2) is 0 Å². The molecule has 0 bridgehead atoms. The van der Waals surface area contributed by atoms with Gasteiger partial charge >= 0.3 is 0 Å². The second kappa shape index (κ2) is 8.68. The van der Waals surface area contributed by atoms with Gasteiger partial charge in [-0.25, -0.2) is 13.1 Å². The molecule has 1 amide bonds. The number of anilines is 1. The van der Waals surface area contributed by atoms with E-state index in [4.69, 9.17) is 4.74 Å². The number of aromatic nitrogens is 2. The van der Waals surface area contributed by atoms with E-state index >= 15 is 0 Å². The zero-order valence-corrected chi connectivity index (χ0v) is 17.7. The van der Waals surface area contributed by atoms with Crippen molar-refractivity contribution in [3.63, 3.8) is 0 Å². The van der Waals surface area contributed by atoms with E-state index in [1.165, 1.54) is 7.11 Å². The van der Waals surface area contributed by atoms with Gasteiger partial charge in [0.2, 0.25) is 9.47 Å². The third-order valence-electron chi connectivity index (χ3n) is 4.11. The molecule has 0 aliphatic rings. The van der Waals surface area contributed by atoms with Gasteiger partial charge in [0.25, 0.3) is 15.9 Å². The first-order chi connectivity index (χ1) is 13.8. The van der Waals surface area contributed by atoms with Crippen LogP contribution in [0.25, 0.3) is 0 Å². The molecule has 0 unspecified atom stereocenters. The van der Waals surface area contributed by atoms with Gasteiger partial charge in [-0.2, -0.15) is 0 Å². The monoisotopic (exact) mass is 432 g/mol. The summed E-state index contributed by atoms with van der Waals surface area (Å²) < 4.78 is 32.9. The van der Waals surface area contributed by atoms with Crippen molar-refractivity contribution in [1.82, 2.24) is 14.9 Å². The van der Waals surface area contributed by atoms with Crippen molar-refractivity contribution in [3.05, 3.63) is 65.2 Å². The Kier molecular flexibility index (Phi) is 6.26. The first-order valence-corrected chi connectivity index (χ1v) is 11.0. The summed E-state index contributed by atoms with van der Waals surface area (Å²) in [7, 11) is -2.41. The van der Waals surface area contributed by atoms with Gasteiger partial charge < -0.3 is 4.74 Å². The third-order valence-corrected chi connectivity index (χ3v) is 6.85. The smallest absolute Gasteiger partial charge is 0.270 e. The second-order valence-electron chi connectivity index (χ2n) is 6.28. The standard InChI is InChI=1S/C19H20N4O4S2/c1-12-8-10-14(11-9-12)17(24)20-18-21-22-19(28-18)29(25,26)23-13(2)15-6-4-5-7-16(15)27-3/h4-11,13,23H,1-3H3,(H,20,21,24)/t13-/m0/s1. The van der Waals surface area contributed by atoms with Crippen LogP contribution in [0.15, 0.2) is 52.9 Å². The predicted octanol–water partition coefficient (Wildman–Crippen LogP) is 3.15. The highest BCUT2D eigenvalue weighted by Gasteiger charge is 2.25. The quantitative estimate of drug-likeness (QED) is 0.555. The minimum absolute atomic E-state index is 0.0981. The molecule has 2 N–H and O–H groups in total. The number of para-hydroxylation sites is 1. The van der Waals surface area contributed by atoms with E-state index in [1.54, 1.807) is 43.3 Å². The van der Waals surface area contributed by atoms with E-state index in [2.05, 4.69) is 20.2 Å². The molecule has 3 rings (SSSR count). The Morgan fingerprint density at radius 2 is 1.79 bits per heavy atom. The van der Waals surface area contributed by atoms with Gasteiger partial charge in [-0.15, -0.1) is 10.2 Å². The van der Waals surface area contributed by atoms with Crippen LogP contribution >= 0.6 is 11.3 Å². The number of hydrogen-bond donors (Lipinski definition) is 2. The van der Waals surface area contributed by atoms with E-state index in [9.17, 15) is 13.2 Å². The maximum absolute atomic E-state index is 12.7. The molecule has 0 fully saturated rings. The molecule has 3 aromatic rings. The maximum Gasteiger partial charge on any atom is 0.270 e. The molecule has 1 heterocycles. The van der Waals surface area contributed by atoms with Crippen molar-refractivity contribution in [2.75, 3.05) is 12.4 Å². The van der Waals surface area contributed by atoms with Gasteiger partial charge in [0.05, 0.1) is 7.11 Å². The van der Waals surface area contributed by atoms with E-state index in [-0.39, 0.29) is 15.4 Å². The lowest BCUT2D eigenvalue weighted by molar-refractivity contribution is 0.102. The zero-order valence-electron chi connectivity index (χ0n) is 16.0. The summed E-state index contributed by atoms with van der Waals surface area (Å²) in [5, 5.41) is 10.1. The van der Waals surface area contributed by atoms with Crippen molar-refractivity contribution in [2.45, 2.75) is 24.2 Å². The molecule has 152 valence electrons. The highest BCUT2D eigenvalue weighted by atomic mass is 32.2. The summed E-state index contributed by atoms with van der Waals surface area (Å²) in [5.74, 6) is 0.187. The van der Waals surface area contributed by atoms with Gasteiger partial charge in [-0.3, -0.25) is 10.1 Å². The van der Waals surface area contributed by atoms with Gasteiger partial charge in [0, 0.05) is 17.2 Å². The molecule has 0 saturated carbocycles. The molecule has 1 atom stereocenters. The number of hydrogen-bond acceptors (Lipinski definition) is 7. The van der Waals surface area contributed by atoms with Crippen LogP contribution in [0.3, 0.4) is 0 Å². The Hall–Kier alpha value is -2.82. The number of benzene rings is 2. The predicted molar refractivity (Wildman–Crippen MR) is 111 cm³/mol. The average molecular weight is 433 g/mol. The number of methoxy groups -OCH3 is 1. The van der Waals surface area contributed by atoms with Crippen LogP contribution < -0.4 is 14.8 Å². The van der Waals surface area contributed by atoms with E-state index < -0.39 is 16.1 Å². The Bertz CT molecular complexity index is 1110. The number of ether oxygens (including phenoxy) is 1. The van der Waals surface area contributed by atoms with Gasteiger partial charge in [0.1, 0.15) is 5.75 Å². The molecule has 10 heteroatoms. The fraction of sp³-hybridized carbons (Fsp3) is 0.211. The minimum atomic E-state index is -3.93. The third kappa shape index (κ3) is 4.97. The molecule has 0 aliphatic carbocycles. The highest BCUT2D eigenvalue weighted by molar-refractivity contribution is 7.91. The van der Waals surface area contributed by atoms with Crippen LogP contribution in [0.4, 0.5) is 5.13 Å². The number of aryl methyl sites for hydroxylation is 1. The average Bonchev–Trinajstić information content (AvgIpc) is 3.17. The van der Waals surface area contributed by atoms with Gasteiger partial charge in [-0.05, 0) is 32.0 Å². The van der Waals surface area contributed by atoms with Crippen LogP contribution in [0, 0.1) is 6.92 Å². The van der Waals surface area contributed by atoms with Crippen LogP contribution in [0.2, 0.25) is 0 Å². The second-order valence-corrected chi connectivity index (χ2v) is 9.14. The van der Waals surface area contributed by atoms with Crippen LogP contribution in [0.1, 0.15) is 34.5 Å². The summed E-state index contributed by atoms with van der Waals surface area (Å²) in [6, 6.07) is 13.6. The fourth-order valence-electron chi connectivity index (χ4n) is 2.61. The Balaban J connectivity index is 1.73. The molecule has 0 aliphatic heterocycles. The van der Waals surface area contributed by atoms with Crippen molar-refractivity contribution < 1.29 is 17.9 Å². The number of nitrogens with zero attached hydrogens (tertiary/aromatic N) is 2. The lowest BCUT2D eigenvalue weighted by Crippen LogP contribution is -2.27. The molecule has 8 nitrogen and oxygen atoms in total. The van der Waals surface area contributed by atoms with Crippen LogP contribution in [0.5, 0.6) is 5.75 Å².